The van der Waals surface area contributed by atoms with Gasteiger partial charge in [-0.2, -0.15) is 4.98 Å². The zero-order valence-electron chi connectivity index (χ0n) is 7.79. The highest BCUT2D eigenvalue weighted by molar-refractivity contribution is 6.20. The molecule has 0 radical (unpaired) electrons. The van der Waals surface area contributed by atoms with Gasteiger partial charge in [0.05, 0.1) is 6.61 Å². The van der Waals surface area contributed by atoms with Gasteiger partial charge in [-0.1, -0.05) is 5.16 Å². The van der Waals surface area contributed by atoms with Crippen LogP contribution in [-0.4, -0.2) is 23.4 Å². The standard InChI is InChI=1S/C8H13ClN2O2/c1-3-12-5-4-7-10-8(6(2)9)13-11-7/h6H,3-5H2,1-2H3. The molecule has 0 aliphatic heterocycles. The Morgan fingerprint density at radius 2 is 2.38 bits per heavy atom. The number of ether oxygens (including phenoxy) is 1. The van der Waals surface area contributed by atoms with Crippen LogP contribution in [0.5, 0.6) is 0 Å². The van der Waals surface area contributed by atoms with Crippen molar-refractivity contribution in [3.8, 4) is 0 Å². The maximum Gasteiger partial charge on any atom is 0.244 e. The van der Waals surface area contributed by atoms with E-state index in [1.807, 2.05) is 6.92 Å². The summed E-state index contributed by atoms with van der Waals surface area (Å²) in [6.07, 6.45) is 0.668. The van der Waals surface area contributed by atoms with Crippen molar-refractivity contribution in [1.82, 2.24) is 10.1 Å². The zero-order chi connectivity index (χ0) is 9.68. The van der Waals surface area contributed by atoms with Crippen molar-refractivity contribution in [2.24, 2.45) is 0 Å². The summed E-state index contributed by atoms with van der Waals surface area (Å²) in [5.74, 6) is 1.11. The van der Waals surface area contributed by atoms with Gasteiger partial charge in [-0.3, -0.25) is 0 Å². The highest BCUT2D eigenvalue weighted by Gasteiger charge is 2.10. The number of alkyl halides is 1. The third kappa shape index (κ3) is 3.32. The first kappa shape index (κ1) is 10.5. The van der Waals surface area contributed by atoms with Crippen LogP contribution in [0.4, 0.5) is 0 Å². The van der Waals surface area contributed by atoms with Gasteiger partial charge in [-0.05, 0) is 13.8 Å². The summed E-state index contributed by atoms with van der Waals surface area (Å²) in [5.41, 5.74) is 0. The monoisotopic (exact) mass is 204 g/mol. The van der Waals surface area contributed by atoms with E-state index in [0.29, 0.717) is 31.3 Å². The van der Waals surface area contributed by atoms with Crippen molar-refractivity contribution in [2.45, 2.75) is 25.6 Å². The van der Waals surface area contributed by atoms with E-state index in [1.54, 1.807) is 6.92 Å². The highest BCUT2D eigenvalue weighted by Crippen LogP contribution is 2.16. The molecule has 1 heterocycles. The second-order valence-electron chi connectivity index (χ2n) is 2.61. The van der Waals surface area contributed by atoms with Crippen LogP contribution < -0.4 is 0 Å². The van der Waals surface area contributed by atoms with Gasteiger partial charge < -0.3 is 9.26 Å². The molecule has 0 fully saturated rings. The molecule has 0 bridgehead atoms. The van der Waals surface area contributed by atoms with Gasteiger partial charge in [0, 0.05) is 13.0 Å². The Balaban J connectivity index is 2.40. The van der Waals surface area contributed by atoms with E-state index in [4.69, 9.17) is 20.9 Å². The predicted octanol–water partition coefficient (Wildman–Crippen LogP) is 1.95. The maximum atomic E-state index is 5.75. The Labute approximate surface area is 82.2 Å². The molecule has 0 saturated heterocycles. The molecule has 0 aliphatic rings. The number of rotatable bonds is 5. The average molecular weight is 205 g/mol. The molecule has 1 unspecified atom stereocenters. The molecule has 0 aromatic carbocycles. The summed E-state index contributed by atoms with van der Waals surface area (Å²) in [7, 11) is 0. The Bertz CT molecular complexity index is 250. The van der Waals surface area contributed by atoms with Gasteiger partial charge in [0.1, 0.15) is 5.38 Å². The van der Waals surface area contributed by atoms with Crippen LogP contribution in [0.3, 0.4) is 0 Å². The second-order valence-corrected chi connectivity index (χ2v) is 3.27. The van der Waals surface area contributed by atoms with Crippen molar-refractivity contribution in [3.05, 3.63) is 11.7 Å². The Morgan fingerprint density at radius 1 is 1.62 bits per heavy atom. The summed E-state index contributed by atoms with van der Waals surface area (Å²) in [6.45, 7) is 5.06. The minimum atomic E-state index is -0.228. The fraction of sp³-hybridized carbons (Fsp3) is 0.750. The first-order valence-electron chi connectivity index (χ1n) is 4.28. The summed E-state index contributed by atoms with van der Waals surface area (Å²) in [6, 6.07) is 0. The summed E-state index contributed by atoms with van der Waals surface area (Å²) in [5, 5.41) is 3.53. The first-order valence-corrected chi connectivity index (χ1v) is 4.72. The molecule has 1 aromatic rings. The molecule has 1 atom stereocenters. The van der Waals surface area contributed by atoms with E-state index in [2.05, 4.69) is 10.1 Å². The van der Waals surface area contributed by atoms with Crippen LogP contribution in [0.2, 0.25) is 0 Å². The molecule has 4 nitrogen and oxygen atoms in total. The molecule has 5 heteroatoms. The summed E-state index contributed by atoms with van der Waals surface area (Å²) in [4.78, 5) is 4.09. The molecule has 0 amide bonds. The minimum Gasteiger partial charge on any atom is -0.381 e. The van der Waals surface area contributed by atoms with Gasteiger partial charge in [0.25, 0.3) is 0 Å². The predicted molar refractivity (Wildman–Crippen MR) is 48.8 cm³/mol. The van der Waals surface area contributed by atoms with E-state index in [-0.39, 0.29) is 5.38 Å². The number of hydrogen-bond acceptors (Lipinski definition) is 4. The Hall–Kier alpha value is -0.610. The second kappa shape index (κ2) is 5.19. The van der Waals surface area contributed by atoms with Crippen LogP contribution in [0.25, 0.3) is 0 Å². The van der Waals surface area contributed by atoms with Crippen LogP contribution in [0.15, 0.2) is 4.52 Å². The number of aromatic nitrogens is 2. The zero-order valence-corrected chi connectivity index (χ0v) is 8.54. The molecule has 1 rings (SSSR count). The summed E-state index contributed by atoms with van der Waals surface area (Å²) >= 11 is 5.75. The van der Waals surface area contributed by atoms with Gasteiger partial charge in [0.2, 0.25) is 5.89 Å². The molecule has 13 heavy (non-hydrogen) atoms. The lowest BCUT2D eigenvalue weighted by molar-refractivity contribution is 0.149. The van der Waals surface area contributed by atoms with Gasteiger partial charge in [-0.15, -0.1) is 11.6 Å². The van der Waals surface area contributed by atoms with Gasteiger partial charge in [0.15, 0.2) is 5.82 Å². The van der Waals surface area contributed by atoms with E-state index >= 15 is 0 Å². The Morgan fingerprint density at radius 3 is 2.92 bits per heavy atom. The van der Waals surface area contributed by atoms with Crippen molar-refractivity contribution in [3.63, 3.8) is 0 Å². The molecule has 74 valence electrons. The van der Waals surface area contributed by atoms with Gasteiger partial charge >= 0.3 is 0 Å². The lowest BCUT2D eigenvalue weighted by Crippen LogP contribution is -1.99. The van der Waals surface area contributed by atoms with Crippen LogP contribution in [0.1, 0.15) is 30.9 Å². The van der Waals surface area contributed by atoms with Crippen LogP contribution in [0, 0.1) is 0 Å². The number of halogens is 1. The molecular formula is C8H13ClN2O2. The van der Waals surface area contributed by atoms with Crippen molar-refractivity contribution in [2.75, 3.05) is 13.2 Å². The van der Waals surface area contributed by atoms with Crippen LogP contribution >= 0.6 is 11.6 Å². The van der Waals surface area contributed by atoms with Crippen LogP contribution in [-0.2, 0) is 11.2 Å². The molecule has 0 saturated carbocycles. The topological polar surface area (TPSA) is 48.2 Å². The molecular weight excluding hydrogens is 192 g/mol. The number of hydrogen-bond donors (Lipinski definition) is 0. The van der Waals surface area contributed by atoms with E-state index in [9.17, 15) is 0 Å². The molecule has 1 aromatic heterocycles. The lowest BCUT2D eigenvalue weighted by Gasteiger charge is -1.95. The third-order valence-corrected chi connectivity index (χ3v) is 1.68. The van der Waals surface area contributed by atoms with Gasteiger partial charge in [-0.25, -0.2) is 0 Å². The SMILES string of the molecule is CCOCCc1noc(C(C)Cl)n1. The fourth-order valence-electron chi connectivity index (χ4n) is 0.838. The van der Waals surface area contributed by atoms with E-state index in [0.717, 1.165) is 0 Å². The Kier molecular flexibility index (Phi) is 4.18. The maximum absolute atomic E-state index is 5.75. The highest BCUT2D eigenvalue weighted by atomic mass is 35.5. The molecule has 0 spiro atoms. The first-order chi connectivity index (χ1) is 6.24. The molecule has 0 aliphatic carbocycles. The van der Waals surface area contributed by atoms with Crippen molar-refractivity contribution >= 4 is 11.6 Å². The number of nitrogens with zero attached hydrogens (tertiary/aromatic N) is 2. The quantitative estimate of drug-likeness (QED) is 0.543. The summed E-state index contributed by atoms with van der Waals surface area (Å²) < 4.78 is 10.1. The van der Waals surface area contributed by atoms with E-state index < -0.39 is 0 Å². The largest absolute Gasteiger partial charge is 0.381 e. The van der Waals surface area contributed by atoms with Crippen molar-refractivity contribution in [1.29, 1.82) is 0 Å². The van der Waals surface area contributed by atoms with Crippen molar-refractivity contribution < 1.29 is 9.26 Å². The smallest absolute Gasteiger partial charge is 0.244 e. The average Bonchev–Trinajstić information content (AvgIpc) is 2.53. The van der Waals surface area contributed by atoms with E-state index in [1.165, 1.54) is 0 Å². The minimum absolute atomic E-state index is 0.228. The normalized spacial score (nSPS) is 13.2. The molecule has 0 N–H and O–H groups in total. The third-order valence-electron chi connectivity index (χ3n) is 1.50. The lowest BCUT2D eigenvalue weighted by atomic mass is 10.4. The fourth-order valence-corrected chi connectivity index (χ4v) is 0.927.